The van der Waals surface area contributed by atoms with E-state index in [0.717, 1.165) is 24.3 Å². The summed E-state index contributed by atoms with van der Waals surface area (Å²) in [5.74, 6) is 0.531. The normalized spacial score (nSPS) is 24.6. The standard InChI is InChI=1S/C15H15ClN2O/c16-11-3-1-10(2-4-11)13-9-14(13)15(19)18(8-7-17)12-5-6-12/h1-4,12-14H,5-6,8-9H2. The van der Waals surface area contributed by atoms with Crippen LogP contribution in [0, 0.1) is 17.2 Å². The highest BCUT2D eigenvalue weighted by atomic mass is 35.5. The van der Waals surface area contributed by atoms with Crippen LogP contribution in [0.1, 0.15) is 30.7 Å². The maximum atomic E-state index is 12.4. The molecule has 1 aromatic rings. The lowest BCUT2D eigenvalue weighted by molar-refractivity contribution is -0.132. The molecule has 0 aromatic heterocycles. The van der Waals surface area contributed by atoms with Gasteiger partial charge in [-0.05, 0) is 42.9 Å². The summed E-state index contributed by atoms with van der Waals surface area (Å²) in [5, 5.41) is 9.54. The molecule has 2 unspecified atom stereocenters. The molecular weight excluding hydrogens is 260 g/mol. The van der Waals surface area contributed by atoms with Crippen molar-refractivity contribution in [3.8, 4) is 6.07 Å². The van der Waals surface area contributed by atoms with E-state index in [1.807, 2.05) is 24.3 Å². The number of rotatable bonds is 4. The lowest BCUT2D eigenvalue weighted by atomic mass is 10.1. The zero-order chi connectivity index (χ0) is 13.4. The molecule has 1 amide bonds. The molecule has 19 heavy (non-hydrogen) atoms. The van der Waals surface area contributed by atoms with Crippen LogP contribution >= 0.6 is 11.6 Å². The van der Waals surface area contributed by atoms with Crippen LogP contribution in [0.3, 0.4) is 0 Å². The Morgan fingerprint density at radius 1 is 1.37 bits per heavy atom. The second kappa shape index (κ2) is 4.86. The Morgan fingerprint density at radius 3 is 2.63 bits per heavy atom. The van der Waals surface area contributed by atoms with Gasteiger partial charge in [-0.1, -0.05) is 23.7 Å². The fourth-order valence-corrected chi connectivity index (χ4v) is 2.73. The molecule has 0 heterocycles. The van der Waals surface area contributed by atoms with Gasteiger partial charge in [0.25, 0.3) is 0 Å². The number of hydrogen-bond acceptors (Lipinski definition) is 2. The van der Waals surface area contributed by atoms with Gasteiger partial charge in [-0.15, -0.1) is 0 Å². The maximum Gasteiger partial charge on any atom is 0.227 e. The molecule has 2 saturated carbocycles. The minimum atomic E-state index is 0.0649. The summed E-state index contributed by atoms with van der Waals surface area (Å²) in [6.07, 6.45) is 2.99. The highest BCUT2D eigenvalue weighted by Crippen LogP contribution is 2.49. The first-order chi connectivity index (χ1) is 9.20. The second-order valence-electron chi connectivity index (χ2n) is 5.36. The van der Waals surface area contributed by atoms with Crippen molar-refractivity contribution in [3.63, 3.8) is 0 Å². The van der Waals surface area contributed by atoms with Gasteiger partial charge in [0.05, 0.1) is 6.07 Å². The molecule has 2 aliphatic rings. The van der Waals surface area contributed by atoms with Crippen molar-refractivity contribution < 1.29 is 4.79 Å². The van der Waals surface area contributed by atoms with Crippen LogP contribution in [0.15, 0.2) is 24.3 Å². The number of amides is 1. The zero-order valence-corrected chi connectivity index (χ0v) is 11.3. The first-order valence-electron chi connectivity index (χ1n) is 6.63. The molecule has 2 atom stereocenters. The Kier molecular flexibility index (Phi) is 3.20. The number of carbonyl (C=O) groups excluding carboxylic acids is 1. The van der Waals surface area contributed by atoms with Crippen LogP contribution in [-0.2, 0) is 4.79 Å². The van der Waals surface area contributed by atoms with Gasteiger partial charge in [-0.2, -0.15) is 5.26 Å². The quantitative estimate of drug-likeness (QED) is 0.793. The molecule has 4 heteroatoms. The fraction of sp³-hybridized carbons (Fsp3) is 0.467. The Morgan fingerprint density at radius 2 is 2.05 bits per heavy atom. The number of benzene rings is 1. The zero-order valence-electron chi connectivity index (χ0n) is 10.6. The van der Waals surface area contributed by atoms with E-state index in [9.17, 15) is 4.79 Å². The number of nitriles is 1. The summed E-state index contributed by atoms with van der Waals surface area (Å²) >= 11 is 5.87. The Balaban J connectivity index is 1.66. The van der Waals surface area contributed by atoms with Gasteiger partial charge >= 0.3 is 0 Å². The lowest BCUT2D eigenvalue weighted by Gasteiger charge is -2.19. The van der Waals surface area contributed by atoms with E-state index in [0.29, 0.717) is 12.0 Å². The Labute approximate surface area is 117 Å². The highest BCUT2D eigenvalue weighted by molar-refractivity contribution is 6.30. The van der Waals surface area contributed by atoms with Crippen molar-refractivity contribution in [3.05, 3.63) is 34.9 Å². The third-order valence-electron chi connectivity index (χ3n) is 3.92. The van der Waals surface area contributed by atoms with E-state index in [4.69, 9.17) is 16.9 Å². The minimum absolute atomic E-state index is 0.0649. The van der Waals surface area contributed by atoms with Gasteiger partial charge < -0.3 is 4.90 Å². The van der Waals surface area contributed by atoms with Gasteiger partial charge in [0.1, 0.15) is 6.54 Å². The predicted octanol–water partition coefficient (Wildman–Crippen LogP) is 2.96. The minimum Gasteiger partial charge on any atom is -0.326 e. The van der Waals surface area contributed by atoms with Gasteiger partial charge in [-0.25, -0.2) is 0 Å². The van der Waals surface area contributed by atoms with Crippen molar-refractivity contribution in [2.75, 3.05) is 6.54 Å². The van der Waals surface area contributed by atoms with Crippen molar-refractivity contribution in [2.24, 2.45) is 5.92 Å². The summed E-state index contributed by atoms with van der Waals surface area (Å²) in [5.41, 5.74) is 1.18. The van der Waals surface area contributed by atoms with Crippen LogP contribution in [0.25, 0.3) is 0 Å². The molecule has 0 N–H and O–H groups in total. The van der Waals surface area contributed by atoms with Gasteiger partial charge in [0.2, 0.25) is 5.91 Å². The maximum absolute atomic E-state index is 12.4. The molecule has 3 nitrogen and oxygen atoms in total. The molecule has 3 rings (SSSR count). The molecule has 0 saturated heterocycles. The van der Waals surface area contributed by atoms with Crippen LogP contribution in [0.5, 0.6) is 0 Å². The topological polar surface area (TPSA) is 44.1 Å². The molecule has 0 spiro atoms. The molecular formula is C15H15ClN2O. The third kappa shape index (κ3) is 2.59. The van der Waals surface area contributed by atoms with Crippen LogP contribution < -0.4 is 0 Å². The van der Waals surface area contributed by atoms with Gasteiger partial charge in [0, 0.05) is 17.0 Å². The third-order valence-corrected chi connectivity index (χ3v) is 4.17. The second-order valence-corrected chi connectivity index (χ2v) is 5.79. The molecule has 0 radical (unpaired) electrons. The smallest absolute Gasteiger partial charge is 0.227 e. The first-order valence-corrected chi connectivity index (χ1v) is 7.01. The molecule has 0 aliphatic heterocycles. The highest BCUT2D eigenvalue weighted by Gasteiger charge is 2.48. The molecule has 0 bridgehead atoms. The van der Waals surface area contributed by atoms with E-state index < -0.39 is 0 Å². The number of carbonyl (C=O) groups is 1. The molecule has 2 fully saturated rings. The summed E-state index contributed by atoms with van der Waals surface area (Å²) < 4.78 is 0. The van der Waals surface area contributed by atoms with E-state index in [1.165, 1.54) is 5.56 Å². The number of halogens is 1. The van der Waals surface area contributed by atoms with Crippen LogP contribution in [-0.4, -0.2) is 23.4 Å². The summed E-state index contributed by atoms with van der Waals surface area (Å²) in [7, 11) is 0. The lowest BCUT2D eigenvalue weighted by Crippen LogP contribution is -2.34. The average molecular weight is 275 g/mol. The summed E-state index contributed by atoms with van der Waals surface area (Å²) in [6, 6.07) is 10.1. The molecule has 1 aromatic carbocycles. The largest absolute Gasteiger partial charge is 0.326 e. The van der Waals surface area contributed by atoms with Crippen molar-refractivity contribution >= 4 is 17.5 Å². The number of nitrogens with zero attached hydrogens (tertiary/aromatic N) is 2. The van der Waals surface area contributed by atoms with Crippen molar-refractivity contribution in [1.29, 1.82) is 5.26 Å². The van der Waals surface area contributed by atoms with Gasteiger partial charge in [0.15, 0.2) is 0 Å². The van der Waals surface area contributed by atoms with E-state index >= 15 is 0 Å². The monoisotopic (exact) mass is 274 g/mol. The average Bonchev–Trinajstić information content (AvgIpc) is 3.28. The Bertz CT molecular complexity index is 530. The first kappa shape index (κ1) is 12.5. The van der Waals surface area contributed by atoms with E-state index in [2.05, 4.69) is 6.07 Å². The number of hydrogen-bond donors (Lipinski definition) is 0. The summed E-state index contributed by atoms with van der Waals surface area (Å²) in [6.45, 7) is 0.230. The van der Waals surface area contributed by atoms with Gasteiger partial charge in [-0.3, -0.25) is 4.79 Å². The fourth-order valence-electron chi connectivity index (χ4n) is 2.61. The van der Waals surface area contributed by atoms with Crippen LogP contribution in [0.2, 0.25) is 5.02 Å². The SMILES string of the molecule is N#CCN(C(=O)C1CC1c1ccc(Cl)cc1)C1CC1. The molecule has 2 aliphatic carbocycles. The van der Waals surface area contributed by atoms with E-state index in [-0.39, 0.29) is 18.4 Å². The predicted molar refractivity (Wildman–Crippen MR) is 72.6 cm³/mol. The molecule has 98 valence electrons. The van der Waals surface area contributed by atoms with Crippen LogP contribution in [0.4, 0.5) is 0 Å². The Hall–Kier alpha value is -1.53. The summed E-state index contributed by atoms with van der Waals surface area (Å²) in [4.78, 5) is 14.1. The van der Waals surface area contributed by atoms with Crippen molar-refractivity contribution in [1.82, 2.24) is 4.90 Å². The van der Waals surface area contributed by atoms with E-state index in [1.54, 1.807) is 4.90 Å². The van der Waals surface area contributed by atoms with Crippen molar-refractivity contribution in [2.45, 2.75) is 31.2 Å².